The maximum atomic E-state index is 11.8. The van der Waals surface area contributed by atoms with Crippen LogP contribution in [0.25, 0.3) is 0 Å². The van der Waals surface area contributed by atoms with Gasteiger partial charge in [0.2, 0.25) is 5.76 Å². The van der Waals surface area contributed by atoms with E-state index in [1.165, 1.54) is 12.5 Å². The van der Waals surface area contributed by atoms with Crippen molar-refractivity contribution in [1.29, 1.82) is 0 Å². The van der Waals surface area contributed by atoms with E-state index in [0.717, 1.165) is 0 Å². The van der Waals surface area contributed by atoms with Crippen LogP contribution in [-0.4, -0.2) is 35.2 Å². The fourth-order valence-corrected chi connectivity index (χ4v) is 1.57. The highest BCUT2D eigenvalue weighted by atomic mass is 16.6. The minimum atomic E-state index is -1.11. The standard InChI is InChI=1S/C11H12N2O5/c1-6-9(11(15)16)7(4-12-6)13-10(14)8-5-17-2-3-18-8/h4-5,12H,2-3H2,1H3,(H,13,14)(H,15,16). The molecule has 0 spiro atoms. The predicted molar refractivity (Wildman–Crippen MR) is 61.1 cm³/mol. The highest BCUT2D eigenvalue weighted by Crippen LogP contribution is 2.20. The Morgan fingerprint density at radius 3 is 2.83 bits per heavy atom. The lowest BCUT2D eigenvalue weighted by Crippen LogP contribution is -2.21. The van der Waals surface area contributed by atoms with Gasteiger partial charge in [-0.05, 0) is 6.92 Å². The van der Waals surface area contributed by atoms with Crippen molar-refractivity contribution >= 4 is 17.6 Å². The molecule has 18 heavy (non-hydrogen) atoms. The zero-order valence-electron chi connectivity index (χ0n) is 9.65. The number of aryl methyl sites for hydroxylation is 1. The highest BCUT2D eigenvalue weighted by Gasteiger charge is 2.20. The summed E-state index contributed by atoms with van der Waals surface area (Å²) in [6.45, 7) is 2.29. The summed E-state index contributed by atoms with van der Waals surface area (Å²) in [7, 11) is 0. The van der Waals surface area contributed by atoms with E-state index in [0.29, 0.717) is 12.3 Å². The molecule has 0 bridgehead atoms. The van der Waals surface area contributed by atoms with Gasteiger partial charge in [0.25, 0.3) is 5.91 Å². The molecule has 0 unspecified atom stereocenters. The Labute approximate surface area is 102 Å². The lowest BCUT2D eigenvalue weighted by atomic mass is 10.2. The van der Waals surface area contributed by atoms with Gasteiger partial charge in [0.15, 0.2) is 0 Å². The number of anilines is 1. The average Bonchev–Trinajstić information content (AvgIpc) is 2.71. The fourth-order valence-electron chi connectivity index (χ4n) is 1.57. The highest BCUT2D eigenvalue weighted by molar-refractivity contribution is 6.06. The first-order valence-corrected chi connectivity index (χ1v) is 5.27. The maximum Gasteiger partial charge on any atom is 0.339 e. The Hall–Kier alpha value is -2.44. The van der Waals surface area contributed by atoms with Crippen molar-refractivity contribution in [3.05, 3.63) is 29.5 Å². The number of hydrogen-bond donors (Lipinski definition) is 3. The van der Waals surface area contributed by atoms with E-state index < -0.39 is 11.9 Å². The molecule has 1 aliphatic heterocycles. The van der Waals surface area contributed by atoms with E-state index in [1.807, 2.05) is 0 Å². The van der Waals surface area contributed by atoms with Crippen molar-refractivity contribution in [1.82, 2.24) is 4.98 Å². The summed E-state index contributed by atoms with van der Waals surface area (Å²) < 4.78 is 10.0. The van der Waals surface area contributed by atoms with Crippen molar-refractivity contribution in [3.8, 4) is 0 Å². The second-order valence-corrected chi connectivity index (χ2v) is 3.66. The predicted octanol–water partition coefficient (Wildman–Crippen LogP) is 0.848. The molecule has 1 aromatic rings. The number of carboxylic acid groups (broad SMARTS) is 1. The average molecular weight is 252 g/mol. The van der Waals surface area contributed by atoms with Gasteiger partial charge < -0.3 is 24.9 Å². The molecule has 0 aliphatic carbocycles. The number of ether oxygens (including phenoxy) is 2. The number of aromatic amines is 1. The SMILES string of the molecule is Cc1[nH]cc(NC(=O)C2=COCCO2)c1C(=O)O. The van der Waals surface area contributed by atoms with Crippen LogP contribution in [0.2, 0.25) is 0 Å². The van der Waals surface area contributed by atoms with Crippen molar-refractivity contribution < 1.29 is 24.2 Å². The molecule has 0 saturated carbocycles. The van der Waals surface area contributed by atoms with Crippen LogP contribution in [0.15, 0.2) is 18.2 Å². The van der Waals surface area contributed by atoms with Crippen LogP contribution in [-0.2, 0) is 14.3 Å². The number of aromatic nitrogens is 1. The molecule has 2 heterocycles. The number of rotatable bonds is 3. The number of carbonyl (C=O) groups is 2. The van der Waals surface area contributed by atoms with E-state index in [2.05, 4.69) is 10.3 Å². The van der Waals surface area contributed by atoms with Crippen LogP contribution in [0, 0.1) is 6.92 Å². The molecule has 2 rings (SSSR count). The molecule has 0 atom stereocenters. The summed E-state index contributed by atoms with van der Waals surface area (Å²) in [6, 6.07) is 0. The molecule has 1 aliphatic rings. The summed E-state index contributed by atoms with van der Waals surface area (Å²) in [5.41, 5.74) is 0.688. The van der Waals surface area contributed by atoms with Crippen molar-refractivity contribution in [2.24, 2.45) is 0 Å². The summed E-state index contributed by atoms with van der Waals surface area (Å²) in [5, 5.41) is 11.5. The molecule has 1 aromatic heterocycles. The minimum Gasteiger partial charge on any atom is -0.494 e. The third-order valence-electron chi connectivity index (χ3n) is 2.41. The molecule has 7 nitrogen and oxygen atoms in total. The maximum absolute atomic E-state index is 11.8. The van der Waals surface area contributed by atoms with Gasteiger partial charge in [-0.1, -0.05) is 0 Å². The summed E-state index contributed by atoms with van der Waals surface area (Å²) in [4.78, 5) is 25.5. The van der Waals surface area contributed by atoms with Gasteiger partial charge >= 0.3 is 5.97 Å². The number of hydrogen-bond acceptors (Lipinski definition) is 4. The second kappa shape index (κ2) is 4.82. The lowest BCUT2D eigenvalue weighted by molar-refractivity contribution is -0.117. The molecular weight excluding hydrogens is 240 g/mol. The van der Waals surface area contributed by atoms with Crippen LogP contribution in [0.1, 0.15) is 16.1 Å². The Morgan fingerprint density at radius 2 is 2.22 bits per heavy atom. The number of H-pyrrole nitrogens is 1. The molecule has 0 saturated heterocycles. The lowest BCUT2D eigenvalue weighted by Gasteiger charge is -2.14. The zero-order chi connectivity index (χ0) is 13.1. The summed E-state index contributed by atoms with van der Waals surface area (Å²) >= 11 is 0. The van der Waals surface area contributed by atoms with Crippen molar-refractivity contribution in [3.63, 3.8) is 0 Å². The van der Waals surface area contributed by atoms with Gasteiger partial charge in [0.1, 0.15) is 25.0 Å². The first-order valence-electron chi connectivity index (χ1n) is 5.27. The van der Waals surface area contributed by atoms with Crippen LogP contribution in [0.5, 0.6) is 0 Å². The van der Waals surface area contributed by atoms with Crippen LogP contribution >= 0.6 is 0 Å². The molecule has 3 N–H and O–H groups in total. The largest absolute Gasteiger partial charge is 0.494 e. The van der Waals surface area contributed by atoms with Crippen LogP contribution < -0.4 is 5.32 Å². The van der Waals surface area contributed by atoms with Crippen molar-refractivity contribution in [2.45, 2.75) is 6.92 Å². The summed E-state index contributed by atoms with van der Waals surface area (Å²) in [5.74, 6) is -1.63. The van der Waals surface area contributed by atoms with Gasteiger partial charge in [0.05, 0.1) is 5.69 Å². The second-order valence-electron chi connectivity index (χ2n) is 3.66. The number of aromatic carboxylic acids is 1. The molecular formula is C11H12N2O5. The molecule has 1 amide bonds. The third-order valence-corrected chi connectivity index (χ3v) is 2.41. The van der Waals surface area contributed by atoms with Gasteiger partial charge in [-0.15, -0.1) is 0 Å². The first-order chi connectivity index (χ1) is 8.59. The van der Waals surface area contributed by atoms with E-state index in [4.69, 9.17) is 14.6 Å². The monoisotopic (exact) mass is 252 g/mol. The number of amides is 1. The molecule has 0 radical (unpaired) electrons. The Bertz CT molecular complexity index is 518. The van der Waals surface area contributed by atoms with E-state index in [-0.39, 0.29) is 23.6 Å². The number of nitrogens with one attached hydrogen (secondary N) is 2. The van der Waals surface area contributed by atoms with Crippen molar-refractivity contribution in [2.75, 3.05) is 18.5 Å². The quantitative estimate of drug-likeness (QED) is 0.740. The van der Waals surface area contributed by atoms with Crippen LogP contribution in [0.4, 0.5) is 5.69 Å². The smallest absolute Gasteiger partial charge is 0.339 e. The number of carboxylic acids is 1. The molecule has 0 aromatic carbocycles. The molecule has 0 fully saturated rings. The topological polar surface area (TPSA) is 101 Å². The van der Waals surface area contributed by atoms with Gasteiger partial charge in [-0.25, -0.2) is 4.79 Å². The Balaban J connectivity index is 2.16. The van der Waals surface area contributed by atoms with Gasteiger partial charge in [-0.2, -0.15) is 0 Å². The third kappa shape index (κ3) is 2.29. The van der Waals surface area contributed by atoms with Gasteiger partial charge in [-0.3, -0.25) is 4.79 Å². The van der Waals surface area contributed by atoms with Gasteiger partial charge in [0, 0.05) is 11.9 Å². The Morgan fingerprint density at radius 1 is 1.44 bits per heavy atom. The van der Waals surface area contributed by atoms with E-state index in [9.17, 15) is 9.59 Å². The summed E-state index contributed by atoms with van der Waals surface area (Å²) in [6.07, 6.45) is 2.62. The molecule has 7 heteroatoms. The zero-order valence-corrected chi connectivity index (χ0v) is 9.65. The van der Waals surface area contributed by atoms with Crippen LogP contribution in [0.3, 0.4) is 0 Å². The Kier molecular flexibility index (Phi) is 3.22. The van der Waals surface area contributed by atoms with E-state index in [1.54, 1.807) is 6.92 Å². The first kappa shape index (κ1) is 12.0. The normalized spacial score (nSPS) is 14.2. The van der Waals surface area contributed by atoms with E-state index >= 15 is 0 Å². The molecule has 96 valence electrons. The fraction of sp³-hybridized carbons (Fsp3) is 0.273. The minimum absolute atomic E-state index is 0.0245. The number of carbonyl (C=O) groups excluding carboxylic acids is 1.